The minimum Gasteiger partial charge on any atom is -0.0602 e. The molecule has 0 saturated heterocycles. The Bertz CT molecular complexity index is 451. The van der Waals surface area contributed by atoms with Gasteiger partial charge in [-0.15, -0.1) is 0 Å². The summed E-state index contributed by atoms with van der Waals surface area (Å²) in [4.78, 5) is 0. The van der Waals surface area contributed by atoms with Gasteiger partial charge in [0, 0.05) is 0 Å². The van der Waals surface area contributed by atoms with Gasteiger partial charge in [-0.05, 0) is 70.0 Å². The number of hydrogen-bond acceptors (Lipinski definition) is 0. The molecule has 0 rings (SSSR count). The highest BCUT2D eigenvalue weighted by atomic mass is 14.4. The van der Waals surface area contributed by atoms with Gasteiger partial charge in [0.15, 0.2) is 0 Å². The van der Waals surface area contributed by atoms with Gasteiger partial charge in [0.25, 0.3) is 0 Å². The minimum absolute atomic E-state index is 0.420. The molecule has 0 unspecified atom stereocenters. The molecule has 0 aromatic carbocycles. The van der Waals surface area contributed by atoms with E-state index in [1.807, 2.05) is 0 Å². The maximum atomic E-state index is 2.40. The average molecular weight is 453 g/mol. The molecule has 0 aromatic rings. The van der Waals surface area contributed by atoms with Crippen molar-refractivity contribution in [2.75, 3.05) is 0 Å². The van der Waals surface area contributed by atoms with E-state index in [-0.39, 0.29) is 0 Å². The molecule has 0 heteroatoms. The van der Waals surface area contributed by atoms with E-state index < -0.39 is 0 Å². The van der Waals surface area contributed by atoms with Crippen LogP contribution in [-0.4, -0.2) is 0 Å². The molecule has 0 fully saturated rings. The van der Waals surface area contributed by atoms with Gasteiger partial charge in [0.2, 0.25) is 0 Å². The lowest BCUT2D eigenvalue weighted by atomic mass is 9.63. The first kappa shape index (κ1) is 34.2. The molecule has 0 spiro atoms. The maximum Gasteiger partial charge on any atom is -0.0316 e. The standard InChI is InChI=1S/C17H36.C15H32/c1-15(2,3)13-11-10-12-14(16(4,5)6)17(7,8)9;1-13(2,3)11-10-12(14(4,5)6)15(7,8)9/h14H,10-13H2,1-9H3;12H,10-11H2,1-9H3. The first-order valence-corrected chi connectivity index (χ1v) is 13.7. The Kier molecular flexibility index (Phi) is 12.9. The minimum atomic E-state index is 0.420. The molecule has 0 N–H and O–H groups in total. The first-order chi connectivity index (χ1) is 13.7. The molecular formula is C32H68. The third kappa shape index (κ3) is 17.5. The van der Waals surface area contributed by atoms with Crippen LogP contribution in [0.1, 0.15) is 163 Å². The molecule has 0 aliphatic carbocycles. The van der Waals surface area contributed by atoms with Crippen LogP contribution < -0.4 is 0 Å². The van der Waals surface area contributed by atoms with Gasteiger partial charge in [0.05, 0.1) is 0 Å². The summed E-state index contributed by atoms with van der Waals surface area (Å²) in [5.41, 5.74) is 2.67. The highest BCUT2D eigenvalue weighted by Gasteiger charge is 2.35. The maximum absolute atomic E-state index is 2.40. The van der Waals surface area contributed by atoms with Crippen molar-refractivity contribution in [2.24, 2.45) is 44.3 Å². The van der Waals surface area contributed by atoms with E-state index in [2.05, 4.69) is 125 Å². The average Bonchev–Trinajstić information content (AvgIpc) is 2.38. The Balaban J connectivity index is 0. The third-order valence-electron chi connectivity index (χ3n) is 7.03. The van der Waals surface area contributed by atoms with Crippen molar-refractivity contribution in [1.29, 1.82) is 0 Å². The van der Waals surface area contributed by atoms with Crippen LogP contribution in [-0.2, 0) is 0 Å². The Morgan fingerprint density at radius 2 is 0.625 bits per heavy atom. The molecule has 32 heavy (non-hydrogen) atoms. The van der Waals surface area contributed by atoms with Gasteiger partial charge in [-0.3, -0.25) is 0 Å². The quantitative estimate of drug-likeness (QED) is 0.351. The Labute approximate surface area is 207 Å². The van der Waals surface area contributed by atoms with Gasteiger partial charge in [-0.2, -0.15) is 0 Å². The fourth-order valence-corrected chi connectivity index (χ4v) is 5.91. The summed E-state index contributed by atoms with van der Waals surface area (Å²) >= 11 is 0. The van der Waals surface area contributed by atoms with Gasteiger partial charge >= 0.3 is 0 Å². The summed E-state index contributed by atoms with van der Waals surface area (Å²) in [6, 6.07) is 0. The highest BCUT2D eigenvalue weighted by Crippen LogP contribution is 2.45. The molecule has 196 valence electrons. The third-order valence-corrected chi connectivity index (χ3v) is 7.03. The fraction of sp³-hybridized carbons (Fsp3) is 1.00. The topological polar surface area (TPSA) is 0 Å². The summed E-state index contributed by atoms with van der Waals surface area (Å²) in [6.45, 7) is 42.7. The zero-order chi connectivity index (χ0) is 26.4. The highest BCUT2D eigenvalue weighted by molar-refractivity contribution is 4.85. The molecular weight excluding hydrogens is 384 g/mol. The van der Waals surface area contributed by atoms with Gasteiger partial charge in [-0.1, -0.05) is 137 Å². The molecule has 0 amide bonds. The molecule has 0 aliphatic rings. The lowest BCUT2D eigenvalue weighted by Gasteiger charge is -2.42. The summed E-state index contributed by atoms with van der Waals surface area (Å²) < 4.78 is 0. The molecule has 0 nitrogen and oxygen atoms in total. The van der Waals surface area contributed by atoms with Crippen molar-refractivity contribution in [2.45, 2.75) is 163 Å². The van der Waals surface area contributed by atoms with E-state index >= 15 is 0 Å². The second kappa shape index (κ2) is 12.1. The molecule has 0 aromatic heterocycles. The van der Waals surface area contributed by atoms with E-state index in [1.165, 1.54) is 38.5 Å². The van der Waals surface area contributed by atoms with Gasteiger partial charge < -0.3 is 0 Å². The predicted molar refractivity (Wildman–Crippen MR) is 151 cm³/mol. The van der Waals surface area contributed by atoms with Crippen molar-refractivity contribution in [3.63, 3.8) is 0 Å². The number of rotatable bonds is 6. The van der Waals surface area contributed by atoms with E-state index in [0.717, 1.165) is 11.8 Å². The summed E-state index contributed by atoms with van der Waals surface area (Å²) in [5.74, 6) is 1.61. The molecule has 0 saturated carbocycles. The lowest BCUT2D eigenvalue weighted by Crippen LogP contribution is -2.33. The van der Waals surface area contributed by atoms with Crippen LogP contribution in [0.3, 0.4) is 0 Å². The van der Waals surface area contributed by atoms with Crippen LogP contribution in [0.4, 0.5) is 0 Å². The van der Waals surface area contributed by atoms with Crippen LogP contribution in [0.25, 0.3) is 0 Å². The van der Waals surface area contributed by atoms with Crippen molar-refractivity contribution in [3.05, 3.63) is 0 Å². The number of hydrogen-bond donors (Lipinski definition) is 0. The second-order valence-corrected chi connectivity index (χ2v) is 17.5. The van der Waals surface area contributed by atoms with Crippen molar-refractivity contribution >= 4 is 0 Å². The Morgan fingerprint density at radius 1 is 0.344 bits per heavy atom. The summed E-state index contributed by atoms with van der Waals surface area (Å²) in [6.07, 6.45) is 8.17. The van der Waals surface area contributed by atoms with E-state index in [4.69, 9.17) is 0 Å². The summed E-state index contributed by atoms with van der Waals surface area (Å²) in [5, 5.41) is 0. The van der Waals surface area contributed by atoms with E-state index in [9.17, 15) is 0 Å². The lowest BCUT2D eigenvalue weighted by molar-refractivity contribution is 0.0801. The smallest absolute Gasteiger partial charge is 0.0316 e. The zero-order valence-electron chi connectivity index (χ0n) is 26.4. The van der Waals surface area contributed by atoms with Gasteiger partial charge in [0.1, 0.15) is 0 Å². The van der Waals surface area contributed by atoms with Crippen molar-refractivity contribution < 1.29 is 0 Å². The van der Waals surface area contributed by atoms with Crippen LogP contribution in [0.15, 0.2) is 0 Å². The van der Waals surface area contributed by atoms with Crippen LogP contribution in [0.2, 0.25) is 0 Å². The summed E-state index contributed by atoms with van der Waals surface area (Å²) in [7, 11) is 0. The normalized spacial score (nSPS) is 14.6. The second-order valence-electron chi connectivity index (χ2n) is 17.5. The molecule has 0 bridgehead atoms. The predicted octanol–water partition coefficient (Wildman–Crippen LogP) is 11.8. The number of unbranched alkanes of at least 4 members (excludes halogenated alkanes) is 1. The molecule has 0 atom stereocenters. The Hall–Kier alpha value is 0. The van der Waals surface area contributed by atoms with Gasteiger partial charge in [-0.25, -0.2) is 0 Å². The Morgan fingerprint density at radius 3 is 0.875 bits per heavy atom. The first-order valence-electron chi connectivity index (χ1n) is 13.7. The van der Waals surface area contributed by atoms with Crippen LogP contribution in [0, 0.1) is 44.3 Å². The fourth-order valence-electron chi connectivity index (χ4n) is 5.91. The molecule has 0 radical (unpaired) electrons. The van der Waals surface area contributed by atoms with Crippen molar-refractivity contribution in [3.8, 4) is 0 Å². The van der Waals surface area contributed by atoms with Crippen molar-refractivity contribution in [1.82, 2.24) is 0 Å². The largest absolute Gasteiger partial charge is 0.0602 e. The van der Waals surface area contributed by atoms with Crippen LogP contribution in [0.5, 0.6) is 0 Å². The monoisotopic (exact) mass is 453 g/mol. The zero-order valence-corrected chi connectivity index (χ0v) is 26.4. The van der Waals surface area contributed by atoms with E-state index in [0.29, 0.717) is 32.5 Å². The van der Waals surface area contributed by atoms with E-state index in [1.54, 1.807) is 0 Å². The SMILES string of the molecule is CC(C)(C)CCC(C(C)(C)C)C(C)(C)C.CC(C)(C)CCCCC(C(C)(C)C)C(C)(C)C. The molecule has 0 heterocycles. The molecule has 0 aliphatic heterocycles. The van der Waals surface area contributed by atoms with Crippen LogP contribution >= 0.6 is 0 Å².